The summed E-state index contributed by atoms with van der Waals surface area (Å²) in [7, 11) is 0. The number of benzene rings is 1. The van der Waals surface area contributed by atoms with Crippen molar-refractivity contribution in [3.8, 4) is 0 Å². The molecule has 18 heavy (non-hydrogen) atoms. The van der Waals surface area contributed by atoms with Crippen LogP contribution in [-0.2, 0) is 6.54 Å². The van der Waals surface area contributed by atoms with Crippen molar-refractivity contribution < 1.29 is 4.92 Å². The highest BCUT2D eigenvalue weighted by molar-refractivity contribution is 5.77. The number of hydrogen-bond donors (Lipinski definition) is 0. The Bertz CT molecular complexity index is 649. The molecule has 6 nitrogen and oxygen atoms in total. The predicted octanol–water partition coefficient (Wildman–Crippen LogP) is 2.10. The summed E-state index contributed by atoms with van der Waals surface area (Å²) in [5.74, 6) is 0. The zero-order valence-corrected chi connectivity index (χ0v) is 10.00. The molecule has 0 aliphatic carbocycles. The molecule has 6 heteroatoms. The quantitative estimate of drug-likeness (QED) is 0.612. The van der Waals surface area contributed by atoms with Crippen molar-refractivity contribution >= 4 is 16.7 Å². The maximum Gasteiger partial charge on any atom is 0.271 e. The molecule has 0 spiro atoms. The molecule has 2 rings (SSSR count). The average molecular weight is 247 g/mol. The van der Waals surface area contributed by atoms with Crippen LogP contribution in [0.15, 0.2) is 29.2 Å². The smallest absolute Gasteiger partial charge is 0.271 e. The first kappa shape index (κ1) is 12.2. The number of aromatic nitrogens is 2. The molecule has 1 heterocycles. The molecule has 94 valence electrons. The van der Waals surface area contributed by atoms with Gasteiger partial charge in [-0.25, -0.2) is 4.98 Å². The summed E-state index contributed by atoms with van der Waals surface area (Å²) >= 11 is 0. The molecule has 0 amide bonds. The summed E-state index contributed by atoms with van der Waals surface area (Å²) in [6.45, 7) is 2.58. The van der Waals surface area contributed by atoms with Crippen LogP contribution in [0.3, 0.4) is 0 Å². The zero-order chi connectivity index (χ0) is 13.1. The third-order valence-corrected chi connectivity index (χ3v) is 2.78. The van der Waals surface area contributed by atoms with Gasteiger partial charge in [-0.2, -0.15) is 0 Å². The molecule has 0 saturated carbocycles. The molecular formula is C12H13N3O3. The summed E-state index contributed by atoms with van der Waals surface area (Å²) in [5, 5.41) is 10.8. The molecule has 0 atom stereocenters. The van der Waals surface area contributed by atoms with Gasteiger partial charge in [0, 0.05) is 18.7 Å². The normalized spacial score (nSPS) is 10.7. The van der Waals surface area contributed by atoms with Crippen LogP contribution in [0.25, 0.3) is 11.0 Å². The van der Waals surface area contributed by atoms with Crippen LogP contribution in [0, 0.1) is 10.1 Å². The summed E-state index contributed by atoms with van der Waals surface area (Å²) in [6, 6.07) is 4.36. The van der Waals surface area contributed by atoms with Gasteiger partial charge < -0.3 is 4.57 Å². The fraction of sp³-hybridized carbons (Fsp3) is 0.333. The molecule has 1 aromatic heterocycles. The largest absolute Gasteiger partial charge is 0.305 e. The first-order valence-electron chi connectivity index (χ1n) is 5.77. The number of rotatable bonds is 4. The van der Waals surface area contributed by atoms with Crippen molar-refractivity contribution in [3.05, 3.63) is 44.9 Å². The van der Waals surface area contributed by atoms with E-state index in [1.165, 1.54) is 18.3 Å². The van der Waals surface area contributed by atoms with Crippen molar-refractivity contribution in [1.29, 1.82) is 0 Å². The monoisotopic (exact) mass is 247 g/mol. The lowest BCUT2D eigenvalue weighted by atomic mass is 10.2. The van der Waals surface area contributed by atoms with Crippen LogP contribution in [0.4, 0.5) is 5.69 Å². The molecule has 0 radical (unpaired) electrons. The third-order valence-electron chi connectivity index (χ3n) is 2.78. The second-order valence-electron chi connectivity index (χ2n) is 4.03. The molecule has 0 N–H and O–H groups in total. The summed E-state index contributed by atoms with van der Waals surface area (Å²) in [6.07, 6.45) is 3.05. The molecule has 0 aliphatic heterocycles. The highest BCUT2D eigenvalue weighted by Gasteiger charge is 2.10. The summed E-state index contributed by atoms with van der Waals surface area (Å²) in [4.78, 5) is 26.0. The minimum atomic E-state index is -0.471. The van der Waals surface area contributed by atoms with Crippen LogP contribution >= 0.6 is 0 Å². The molecular weight excluding hydrogens is 234 g/mol. The van der Waals surface area contributed by atoms with Crippen LogP contribution in [0.1, 0.15) is 19.8 Å². The van der Waals surface area contributed by atoms with Gasteiger partial charge >= 0.3 is 0 Å². The van der Waals surface area contributed by atoms with Crippen molar-refractivity contribution in [2.45, 2.75) is 26.3 Å². The first-order valence-corrected chi connectivity index (χ1v) is 5.77. The Morgan fingerprint density at radius 1 is 1.44 bits per heavy atom. The number of hydrogen-bond acceptors (Lipinski definition) is 4. The summed E-state index contributed by atoms with van der Waals surface area (Å²) in [5.41, 5.74) is 0.859. The number of aryl methyl sites for hydroxylation is 1. The second kappa shape index (κ2) is 4.95. The van der Waals surface area contributed by atoms with Gasteiger partial charge in [-0.1, -0.05) is 13.3 Å². The Labute approximate surface area is 103 Å². The standard InChI is InChI=1S/C12H13N3O3/c1-2-3-6-14-11-7-9(15(17)18)4-5-10(11)13-8-12(14)16/h4-5,7-8H,2-3,6H2,1H3. The Morgan fingerprint density at radius 2 is 2.22 bits per heavy atom. The third kappa shape index (κ3) is 2.22. The van der Waals surface area contributed by atoms with E-state index < -0.39 is 4.92 Å². The molecule has 2 aromatic rings. The Balaban J connectivity index is 2.64. The van der Waals surface area contributed by atoms with E-state index >= 15 is 0 Å². The van der Waals surface area contributed by atoms with Gasteiger partial charge in [-0.3, -0.25) is 14.9 Å². The van der Waals surface area contributed by atoms with Gasteiger partial charge in [0.15, 0.2) is 0 Å². The van der Waals surface area contributed by atoms with E-state index in [1.807, 2.05) is 6.92 Å². The van der Waals surface area contributed by atoms with E-state index in [0.717, 1.165) is 12.8 Å². The minimum absolute atomic E-state index is 0.0276. The molecule has 0 unspecified atom stereocenters. The molecule has 1 aromatic carbocycles. The van der Waals surface area contributed by atoms with Crippen LogP contribution < -0.4 is 5.56 Å². The molecule has 0 saturated heterocycles. The van der Waals surface area contributed by atoms with Crippen LogP contribution in [0.2, 0.25) is 0 Å². The second-order valence-corrected chi connectivity index (χ2v) is 4.03. The number of unbranched alkanes of at least 4 members (excludes halogenated alkanes) is 1. The highest BCUT2D eigenvalue weighted by Crippen LogP contribution is 2.18. The van der Waals surface area contributed by atoms with E-state index in [1.54, 1.807) is 10.6 Å². The van der Waals surface area contributed by atoms with E-state index in [-0.39, 0.29) is 11.2 Å². The highest BCUT2D eigenvalue weighted by atomic mass is 16.6. The van der Waals surface area contributed by atoms with Gasteiger partial charge in [0.05, 0.1) is 22.2 Å². The summed E-state index contributed by atoms with van der Waals surface area (Å²) < 4.78 is 1.54. The minimum Gasteiger partial charge on any atom is -0.305 e. The van der Waals surface area contributed by atoms with Gasteiger partial charge in [0.2, 0.25) is 0 Å². The van der Waals surface area contributed by atoms with Crippen molar-refractivity contribution in [3.63, 3.8) is 0 Å². The topological polar surface area (TPSA) is 78.0 Å². The fourth-order valence-corrected chi connectivity index (χ4v) is 1.81. The Morgan fingerprint density at radius 3 is 2.89 bits per heavy atom. The van der Waals surface area contributed by atoms with E-state index in [0.29, 0.717) is 17.6 Å². The maximum absolute atomic E-state index is 11.8. The van der Waals surface area contributed by atoms with Crippen LogP contribution in [-0.4, -0.2) is 14.5 Å². The van der Waals surface area contributed by atoms with E-state index in [9.17, 15) is 14.9 Å². The molecule has 0 fully saturated rings. The zero-order valence-electron chi connectivity index (χ0n) is 10.00. The number of nitro groups is 1. The van der Waals surface area contributed by atoms with E-state index in [4.69, 9.17) is 0 Å². The number of nitro benzene ring substituents is 1. The predicted molar refractivity (Wildman–Crippen MR) is 67.6 cm³/mol. The lowest BCUT2D eigenvalue weighted by Gasteiger charge is -2.08. The van der Waals surface area contributed by atoms with Gasteiger partial charge in [0.25, 0.3) is 11.2 Å². The Hall–Kier alpha value is -2.24. The average Bonchev–Trinajstić information content (AvgIpc) is 2.37. The number of fused-ring (bicyclic) bond motifs is 1. The SMILES string of the molecule is CCCCn1c(=O)cnc2ccc([N+](=O)[O-])cc21. The Kier molecular flexibility index (Phi) is 3.36. The van der Waals surface area contributed by atoms with Gasteiger partial charge in [-0.15, -0.1) is 0 Å². The van der Waals surface area contributed by atoms with Gasteiger partial charge in [-0.05, 0) is 12.5 Å². The fourth-order valence-electron chi connectivity index (χ4n) is 1.81. The maximum atomic E-state index is 11.8. The van der Waals surface area contributed by atoms with E-state index in [2.05, 4.69) is 4.98 Å². The number of nitrogens with zero attached hydrogens (tertiary/aromatic N) is 3. The van der Waals surface area contributed by atoms with Crippen molar-refractivity contribution in [2.75, 3.05) is 0 Å². The van der Waals surface area contributed by atoms with Crippen molar-refractivity contribution in [1.82, 2.24) is 9.55 Å². The molecule has 0 bridgehead atoms. The number of non-ortho nitro benzene ring substituents is 1. The lowest BCUT2D eigenvalue weighted by molar-refractivity contribution is -0.384. The lowest BCUT2D eigenvalue weighted by Crippen LogP contribution is -2.20. The van der Waals surface area contributed by atoms with Crippen LogP contribution in [0.5, 0.6) is 0 Å². The molecule has 0 aliphatic rings. The van der Waals surface area contributed by atoms with Gasteiger partial charge in [0.1, 0.15) is 0 Å². The van der Waals surface area contributed by atoms with Crippen molar-refractivity contribution in [2.24, 2.45) is 0 Å². The first-order chi connectivity index (χ1) is 8.63.